The molecule has 6 nitrogen and oxygen atoms in total. The Kier molecular flexibility index (Phi) is 56.9. The van der Waals surface area contributed by atoms with Crippen LogP contribution in [0.3, 0.4) is 0 Å². The molecule has 0 aliphatic heterocycles. The minimum absolute atomic E-state index is 0.108. The van der Waals surface area contributed by atoms with Crippen LogP contribution in [0.15, 0.2) is 122 Å². The molecular formula is C67H110O6. The van der Waals surface area contributed by atoms with Gasteiger partial charge in [0.2, 0.25) is 0 Å². The molecule has 0 aromatic rings. The van der Waals surface area contributed by atoms with E-state index >= 15 is 0 Å². The molecule has 0 aromatic heterocycles. The molecule has 0 aliphatic rings. The fraction of sp³-hybridized carbons (Fsp3) is 0.657. The summed E-state index contributed by atoms with van der Waals surface area (Å²) in [6, 6.07) is 0. The molecule has 0 amide bonds. The Balaban J connectivity index is 4.08. The van der Waals surface area contributed by atoms with Crippen LogP contribution in [0.5, 0.6) is 0 Å². The second-order valence-corrected chi connectivity index (χ2v) is 19.5. The highest BCUT2D eigenvalue weighted by atomic mass is 16.6. The molecule has 0 N–H and O–H groups in total. The molecule has 414 valence electrons. The molecule has 6 heteroatoms. The first kappa shape index (κ1) is 68.8. The second kappa shape index (κ2) is 60.4. The fourth-order valence-electron chi connectivity index (χ4n) is 8.05. The second-order valence-electron chi connectivity index (χ2n) is 19.5. The lowest BCUT2D eigenvalue weighted by molar-refractivity contribution is -0.166. The molecule has 0 radical (unpaired) electrons. The van der Waals surface area contributed by atoms with E-state index in [1.807, 2.05) is 12.2 Å². The lowest BCUT2D eigenvalue weighted by atomic mass is 10.0. The van der Waals surface area contributed by atoms with Crippen molar-refractivity contribution in [1.29, 1.82) is 0 Å². The Bertz CT molecular complexity index is 1540. The number of unbranched alkanes of at least 4 members (excludes halogenated alkanes) is 22. The molecule has 0 aromatic carbocycles. The van der Waals surface area contributed by atoms with Crippen molar-refractivity contribution < 1.29 is 28.6 Å². The zero-order valence-electron chi connectivity index (χ0n) is 47.4. The van der Waals surface area contributed by atoms with Crippen LogP contribution in [0.4, 0.5) is 0 Å². The number of carbonyl (C=O) groups is 3. The SMILES string of the molecule is CC/C=C\C/C=C\C/C=C\C/C=C\C/C=C\C/C=C\CCC(=O)OC(COC(=O)CCCCCCC)COC(=O)CCCCCCCCCCCCCCCCCCCC/C=C\C/C=C\C/C=C\C/C=C\CC. The van der Waals surface area contributed by atoms with Crippen molar-refractivity contribution in [2.75, 3.05) is 13.2 Å². The van der Waals surface area contributed by atoms with Crippen LogP contribution >= 0.6 is 0 Å². The number of hydrogen-bond acceptors (Lipinski definition) is 6. The van der Waals surface area contributed by atoms with E-state index in [-0.39, 0.29) is 31.6 Å². The van der Waals surface area contributed by atoms with E-state index in [4.69, 9.17) is 14.2 Å². The van der Waals surface area contributed by atoms with Gasteiger partial charge in [-0.15, -0.1) is 0 Å². The Labute approximate surface area is 450 Å². The van der Waals surface area contributed by atoms with E-state index in [9.17, 15) is 14.4 Å². The zero-order chi connectivity index (χ0) is 52.9. The maximum Gasteiger partial charge on any atom is 0.306 e. The summed E-state index contributed by atoms with van der Waals surface area (Å²) in [5.74, 6) is -1.01. The molecule has 0 aliphatic carbocycles. The largest absolute Gasteiger partial charge is 0.462 e. The monoisotopic (exact) mass is 1010 g/mol. The van der Waals surface area contributed by atoms with Gasteiger partial charge in [0.1, 0.15) is 13.2 Å². The maximum atomic E-state index is 12.7. The zero-order valence-corrected chi connectivity index (χ0v) is 47.4. The summed E-state index contributed by atoms with van der Waals surface area (Å²) in [5.41, 5.74) is 0. The fourth-order valence-corrected chi connectivity index (χ4v) is 8.05. The van der Waals surface area contributed by atoms with Crippen LogP contribution in [-0.2, 0) is 28.6 Å². The van der Waals surface area contributed by atoms with Gasteiger partial charge in [0.05, 0.1) is 0 Å². The van der Waals surface area contributed by atoms with Crippen LogP contribution in [-0.4, -0.2) is 37.2 Å². The molecule has 0 spiro atoms. The molecule has 0 saturated carbocycles. The van der Waals surface area contributed by atoms with Gasteiger partial charge in [0, 0.05) is 19.3 Å². The van der Waals surface area contributed by atoms with Crippen molar-refractivity contribution in [1.82, 2.24) is 0 Å². The molecular weight excluding hydrogens is 901 g/mol. The number of ether oxygens (including phenoxy) is 3. The van der Waals surface area contributed by atoms with E-state index in [0.29, 0.717) is 19.3 Å². The number of rotatable bonds is 53. The Morgan fingerprint density at radius 1 is 0.288 bits per heavy atom. The van der Waals surface area contributed by atoms with Gasteiger partial charge in [-0.05, 0) is 96.3 Å². The minimum Gasteiger partial charge on any atom is -0.462 e. The molecule has 1 atom stereocenters. The number of carbonyl (C=O) groups excluding carboxylic acids is 3. The summed E-state index contributed by atoms with van der Waals surface area (Å²) >= 11 is 0. The van der Waals surface area contributed by atoms with Gasteiger partial charge in [-0.1, -0.05) is 271 Å². The van der Waals surface area contributed by atoms with E-state index in [1.54, 1.807) is 0 Å². The maximum absolute atomic E-state index is 12.7. The first-order valence-electron chi connectivity index (χ1n) is 30.0. The smallest absolute Gasteiger partial charge is 0.306 e. The van der Waals surface area contributed by atoms with Gasteiger partial charge < -0.3 is 14.2 Å². The highest BCUT2D eigenvalue weighted by Gasteiger charge is 2.19. The lowest BCUT2D eigenvalue weighted by Crippen LogP contribution is -2.30. The molecule has 73 heavy (non-hydrogen) atoms. The highest BCUT2D eigenvalue weighted by molar-refractivity contribution is 5.71. The number of esters is 3. The predicted octanol–water partition coefficient (Wildman–Crippen LogP) is 20.4. The molecule has 0 fully saturated rings. The van der Waals surface area contributed by atoms with Crippen LogP contribution in [0, 0.1) is 0 Å². The molecule has 0 rings (SSSR count). The van der Waals surface area contributed by atoms with Crippen molar-refractivity contribution in [3.05, 3.63) is 122 Å². The third-order valence-electron chi connectivity index (χ3n) is 12.5. The molecule has 0 bridgehead atoms. The summed E-state index contributed by atoms with van der Waals surface area (Å²) in [4.78, 5) is 37.8. The molecule has 0 heterocycles. The first-order valence-corrected chi connectivity index (χ1v) is 30.0. The summed E-state index contributed by atoms with van der Waals surface area (Å²) in [6.45, 7) is 6.27. The Morgan fingerprint density at radius 2 is 0.562 bits per heavy atom. The van der Waals surface area contributed by atoms with Crippen LogP contribution in [0.2, 0.25) is 0 Å². The van der Waals surface area contributed by atoms with Crippen molar-refractivity contribution in [2.45, 2.75) is 271 Å². The topological polar surface area (TPSA) is 78.9 Å². The molecule has 1 unspecified atom stereocenters. The van der Waals surface area contributed by atoms with E-state index < -0.39 is 12.1 Å². The average Bonchev–Trinajstić information content (AvgIpc) is 3.39. The minimum atomic E-state index is -0.816. The van der Waals surface area contributed by atoms with Crippen molar-refractivity contribution >= 4 is 17.9 Å². The standard InChI is InChI=1S/C67H110O6/c1-4-7-10-13-15-17-19-21-23-25-27-28-29-30-31-32-33-34-35-36-37-38-40-41-43-45-47-49-51-54-57-60-66(69)72-63-64(62-71-65(68)59-56-53-12-9-6-3)73-67(70)61-58-55-52-50-48-46-44-42-39-26-24-22-20-18-16-14-11-8-5-2/h7-8,10-11,15-18,21-24,27-28,39,42,46,48,52,55,64H,4-6,9,12-14,19-20,25-26,29-38,40-41,43-45,47,49-51,53-54,56-63H2,1-3H3/b10-7-,11-8-,17-15-,18-16-,23-21-,24-22-,28-27-,42-39-,48-46-,55-52-. The van der Waals surface area contributed by atoms with E-state index in [1.165, 1.54) is 103 Å². The number of hydrogen-bond donors (Lipinski definition) is 0. The Morgan fingerprint density at radius 3 is 0.890 bits per heavy atom. The van der Waals surface area contributed by atoms with Crippen molar-refractivity contribution in [2.24, 2.45) is 0 Å². The van der Waals surface area contributed by atoms with Crippen molar-refractivity contribution in [3.8, 4) is 0 Å². The summed E-state index contributed by atoms with van der Waals surface area (Å²) in [5, 5.41) is 0. The molecule has 0 saturated heterocycles. The third-order valence-corrected chi connectivity index (χ3v) is 12.5. The number of allylic oxidation sites excluding steroid dienone is 20. The van der Waals surface area contributed by atoms with Crippen LogP contribution < -0.4 is 0 Å². The van der Waals surface area contributed by atoms with Gasteiger partial charge in [0.15, 0.2) is 6.10 Å². The quantitative estimate of drug-likeness (QED) is 0.0261. The van der Waals surface area contributed by atoms with Gasteiger partial charge >= 0.3 is 17.9 Å². The lowest BCUT2D eigenvalue weighted by Gasteiger charge is -2.18. The summed E-state index contributed by atoms with van der Waals surface area (Å²) in [6.07, 6.45) is 84.1. The van der Waals surface area contributed by atoms with Crippen molar-refractivity contribution in [3.63, 3.8) is 0 Å². The van der Waals surface area contributed by atoms with Gasteiger partial charge in [0.25, 0.3) is 0 Å². The predicted molar refractivity (Wildman–Crippen MR) is 316 cm³/mol. The Hall–Kier alpha value is -4.19. The average molecular weight is 1010 g/mol. The van der Waals surface area contributed by atoms with Crippen LogP contribution in [0.25, 0.3) is 0 Å². The summed E-state index contributed by atoms with van der Waals surface area (Å²) < 4.78 is 16.6. The normalized spacial score (nSPS) is 13.0. The third kappa shape index (κ3) is 58.6. The van der Waals surface area contributed by atoms with Gasteiger partial charge in [-0.3, -0.25) is 14.4 Å². The summed E-state index contributed by atoms with van der Waals surface area (Å²) in [7, 11) is 0. The van der Waals surface area contributed by atoms with E-state index in [2.05, 4.69) is 130 Å². The first-order chi connectivity index (χ1) is 36.0. The van der Waals surface area contributed by atoms with Crippen LogP contribution in [0.1, 0.15) is 265 Å². The van der Waals surface area contributed by atoms with E-state index in [0.717, 1.165) is 116 Å². The van der Waals surface area contributed by atoms with Gasteiger partial charge in [-0.25, -0.2) is 0 Å². The van der Waals surface area contributed by atoms with Gasteiger partial charge in [-0.2, -0.15) is 0 Å². The highest BCUT2D eigenvalue weighted by Crippen LogP contribution is 2.16.